The number of nitrogens with zero attached hydrogens (tertiary/aromatic N) is 1. The zero-order chi connectivity index (χ0) is 26.1. The number of rotatable bonds is 10. The van der Waals surface area contributed by atoms with Crippen LogP contribution in [-0.4, -0.2) is 34.0 Å². The van der Waals surface area contributed by atoms with Gasteiger partial charge in [0.15, 0.2) is 0 Å². The number of carbonyl (C=O) groups excluding carboxylic acids is 2. The van der Waals surface area contributed by atoms with E-state index in [4.69, 9.17) is 23.2 Å². The molecule has 2 amide bonds. The molecule has 0 unspecified atom stereocenters. The van der Waals surface area contributed by atoms with Crippen molar-refractivity contribution in [2.45, 2.75) is 51.1 Å². The highest BCUT2D eigenvalue weighted by Crippen LogP contribution is 2.23. The summed E-state index contributed by atoms with van der Waals surface area (Å²) in [6.07, 6.45) is 0.414. The molecule has 4 nitrogen and oxygen atoms in total. The van der Waals surface area contributed by atoms with Crippen LogP contribution in [0.3, 0.4) is 0 Å². The summed E-state index contributed by atoms with van der Waals surface area (Å²) in [5, 5.41) is 4.39. The second-order valence-corrected chi connectivity index (χ2v) is 11.5. The predicted octanol–water partition coefficient (Wildman–Crippen LogP) is 6.78. The van der Waals surface area contributed by atoms with Crippen LogP contribution in [0.4, 0.5) is 0 Å². The lowest BCUT2D eigenvalue weighted by Gasteiger charge is -2.34. The third-order valence-electron chi connectivity index (χ3n) is 5.48. The first kappa shape index (κ1) is 28.1. The summed E-state index contributed by atoms with van der Waals surface area (Å²) in [6, 6.07) is 24.1. The molecule has 0 aliphatic rings. The van der Waals surface area contributed by atoms with Crippen LogP contribution in [0.5, 0.6) is 0 Å². The molecule has 0 radical (unpaired) electrons. The molecule has 0 aliphatic carbocycles. The lowest BCUT2D eigenvalue weighted by Crippen LogP contribution is -2.54. The Hall–Kier alpha value is -2.47. The molecular formula is C29H32Cl2N2O2S. The van der Waals surface area contributed by atoms with Gasteiger partial charge >= 0.3 is 0 Å². The van der Waals surface area contributed by atoms with Gasteiger partial charge in [-0.3, -0.25) is 9.59 Å². The van der Waals surface area contributed by atoms with Gasteiger partial charge in [-0.25, -0.2) is 0 Å². The highest BCUT2D eigenvalue weighted by Gasteiger charge is 2.32. The average Bonchev–Trinajstić information content (AvgIpc) is 2.83. The third kappa shape index (κ3) is 8.88. The molecule has 0 spiro atoms. The number of carbonyl (C=O) groups is 2. The van der Waals surface area contributed by atoms with E-state index in [0.29, 0.717) is 28.8 Å². The fourth-order valence-electron chi connectivity index (χ4n) is 3.74. The maximum Gasteiger partial charge on any atom is 0.243 e. The molecule has 3 aromatic carbocycles. The zero-order valence-corrected chi connectivity index (χ0v) is 23.2. The molecule has 36 heavy (non-hydrogen) atoms. The Labute approximate surface area is 228 Å². The molecule has 0 saturated carbocycles. The van der Waals surface area contributed by atoms with Gasteiger partial charge in [-0.1, -0.05) is 83.9 Å². The lowest BCUT2D eigenvalue weighted by molar-refractivity contribution is -0.140. The van der Waals surface area contributed by atoms with Crippen LogP contribution in [0.1, 0.15) is 37.5 Å². The second kappa shape index (κ2) is 13.2. The molecule has 0 aromatic heterocycles. The zero-order valence-electron chi connectivity index (χ0n) is 20.8. The summed E-state index contributed by atoms with van der Waals surface area (Å²) in [6.45, 7) is 6.12. The SMILES string of the molecule is CC(C)(C)NC(=O)[C@H](Cc1ccccc1)N(Cc1ccc(Cl)cc1)C(=O)CSCc1ccccc1Cl. The van der Waals surface area contributed by atoms with Crippen LogP contribution in [0.15, 0.2) is 78.9 Å². The Bertz CT molecular complexity index is 1150. The molecule has 7 heteroatoms. The van der Waals surface area contributed by atoms with Gasteiger partial charge in [0.2, 0.25) is 11.8 Å². The molecule has 0 fully saturated rings. The van der Waals surface area contributed by atoms with E-state index in [2.05, 4.69) is 5.32 Å². The second-order valence-electron chi connectivity index (χ2n) is 9.68. The minimum Gasteiger partial charge on any atom is -0.350 e. The van der Waals surface area contributed by atoms with E-state index < -0.39 is 11.6 Å². The summed E-state index contributed by atoms with van der Waals surface area (Å²) in [7, 11) is 0. The fourth-order valence-corrected chi connectivity index (χ4v) is 5.06. The van der Waals surface area contributed by atoms with E-state index in [-0.39, 0.29) is 17.6 Å². The normalized spacial score (nSPS) is 12.1. The maximum absolute atomic E-state index is 13.7. The Balaban J connectivity index is 1.87. The molecular weight excluding hydrogens is 511 g/mol. The summed E-state index contributed by atoms with van der Waals surface area (Å²) >= 11 is 13.9. The molecule has 0 saturated heterocycles. The van der Waals surface area contributed by atoms with Crippen molar-refractivity contribution in [3.8, 4) is 0 Å². The van der Waals surface area contributed by atoms with E-state index in [0.717, 1.165) is 16.7 Å². The van der Waals surface area contributed by atoms with Crippen molar-refractivity contribution in [2.24, 2.45) is 0 Å². The first-order valence-electron chi connectivity index (χ1n) is 11.8. The Morgan fingerprint density at radius 3 is 2.17 bits per heavy atom. The number of benzene rings is 3. The maximum atomic E-state index is 13.7. The smallest absolute Gasteiger partial charge is 0.243 e. The largest absolute Gasteiger partial charge is 0.350 e. The van der Waals surface area contributed by atoms with Gasteiger partial charge in [0.05, 0.1) is 5.75 Å². The lowest BCUT2D eigenvalue weighted by atomic mass is 10.0. The van der Waals surface area contributed by atoms with Gasteiger partial charge in [-0.2, -0.15) is 0 Å². The van der Waals surface area contributed by atoms with E-state index in [1.807, 2.05) is 87.5 Å². The summed E-state index contributed by atoms with van der Waals surface area (Å²) < 4.78 is 0. The highest BCUT2D eigenvalue weighted by atomic mass is 35.5. The first-order chi connectivity index (χ1) is 17.1. The number of hydrogen-bond acceptors (Lipinski definition) is 3. The van der Waals surface area contributed by atoms with Crippen molar-refractivity contribution in [2.75, 3.05) is 5.75 Å². The summed E-state index contributed by atoms with van der Waals surface area (Å²) in [4.78, 5) is 28.9. The van der Waals surface area contributed by atoms with Crippen LogP contribution in [-0.2, 0) is 28.3 Å². The van der Waals surface area contributed by atoms with Crippen LogP contribution in [0.25, 0.3) is 0 Å². The molecule has 0 aliphatic heterocycles. The van der Waals surface area contributed by atoms with Crippen molar-refractivity contribution in [3.05, 3.63) is 106 Å². The average molecular weight is 544 g/mol. The van der Waals surface area contributed by atoms with Gasteiger partial charge in [-0.15, -0.1) is 11.8 Å². The number of thioether (sulfide) groups is 1. The Morgan fingerprint density at radius 2 is 1.53 bits per heavy atom. The Morgan fingerprint density at radius 1 is 0.889 bits per heavy atom. The van der Waals surface area contributed by atoms with E-state index in [1.54, 1.807) is 17.0 Å². The van der Waals surface area contributed by atoms with Crippen LogP contribution < -0.4 is 5.32 Å². The standard InChI is InChI=1S/C29H32Cl2N2O2S/c1-29(2,3)32-28(35)26(17-21-9-5-4-6-10-21)33(18-22-13-15-24(30)16-14-22)27(34)20-36-19-23-11-7-8-12-25(23)31/h4-16,26H,17-20H2,1-3H3,(H,32,35)/t26-/m0/s1. The molecule has 190 valence electrons. The fraction of sp³-hybridized carbons (Fsp3) is 0.310. The van der Waals surface area contributed by atoms with E-state index in [9.17, 15) is 9.59 Å². The van der Waals surface area contributed by atoms with Gasteiger partial charge in [0.1, 0.15) is 6.04 Å². The highest BCUT2D eigenvalue weighted by molar-refractivity contribution is 7.99. The molecule has 3 rings (SSSR count). The van der Waals surface area contributed by atoms with Crippen molar-refractivity contribution < 1.29 is 9.59 Å². The van der Waals surface area contributed by atoms with Crippen molar-refractivity contribution in [1.82, 2.24) is 10.2 Å². The number of nitrogens with one attached hydrogen (secondary N) is 1. The van der Waals surface area contributed by atoms with Gasteiger partial charge < -0.3 is 10.2 Å². The molecule has 0 bridgehead atoms. The van der Waals surface area contributed by atoms with Gasteiger partial charge in [-0.05, 0) is 55.7 Å². The molecule has 1 N–H and O–H groups in total. The van der Waals surface area contributed by atoms with Gasteiger partial charge in [0, 0.05) is 34.3 Å². The van der Waals surface area contributed by atoms with E-state index >= 15 is 0 Å². The molecule has 1 atom stereocenters. The first-order valence-corrected chi connectivity index (χ1v) is 13.7. The summed E-state index contributed by atoms with van der Waals surface area (Å²) in [5.41, 5.74) is 2.45. The van der Waals surface area contributed by atoms with Crippen LogP contribution >= 0.6 is 35.0 Å². The minimum absolute atomic E-state index is 0.105. The van der Waals surface area contributed by atoms with Crippen molar-refractivity contribution in [3.63, 3.8) is 0 Å². The number of amides is 2. The quantitative estimate of drug-likeness (QED) is 0.307. The van der Waals surface area contributed by atoms with Crippen LogP contribution in [0.2, 0.25) is 10.0 Å². The van der Waals surface area contributed by atoms with Gasteiger partial charge in [0.25, 0.3) is 0 Å². The summed E-state index contributed by atoms with van der Waals surface area (Å²) in [5.74, 6) is 0.557. The predicted molar refractivity (Wildman–Crippen MR) is 151 cm³/mol. The number of hydrogen-bond donors (Lipinski definition) is 1. The monoisotopic (exact) mass is 542 g/mol. The number of halogens is 2. The Kier molecular flexibility index (Phi) is 10.3. The molecule has 0 heterocycles. The topological polar surface area (TPSA) is 49.4 Å². The van der Waals surface area contributed by atoms with Crippen LogP contribution in [0, 0.1) is 0 Å². The minimum atomic E-state index is -0.671. The van der Waals surface area contributed by atoms with E-state index in [1.165, 1.54) is 11.8 Å². The molecule has 3 aromatic rings. The third-order valence-corrected chi connectivity index (χ3v) is 7.06. The van der Waals surface area contributed by atoms with Crippen molar-refractivity contribution in [1.29, 1.82) is 0 Å². The van der Waals surface area contributed by atoms with Crippen molar-refractivity contribution >= 4 is 46.8 Å².